The van der Waals surface area contributed by atoms with E-state index in [9.17, 15) is 0 Å². The van der Waals surface area contributed by atoms with Gasteiger partial charge in [0, 0.05) is 51.4 Å². The van der Waals surface area contributed by atoms with E-state index in [-0.39, 0.29) is 0 Å². The Kier molecular flexibility index (Phi) is 6.72. The highest BCUT2D eigenvalue weighted by molar-refractivity contribution is 5.79. The zero-order valence-corrected chi connectivity index (χ0v) is 14.2. The van der Waals surface area contributed by atoms with Crippen molar-refractivity contribution in [2.45, 2.75) is 26.7 Å². The summed E-state index contributed by atoms with van der Waals surface area (Å²) >= 11 is 0. The molecule has 0 aliphatic heterocycles. The minimum Gasteiger partial charge on any atom is -0.469 e. The van der Waals surface area contributed by atoms with Crippen molar-refractivity contribution in [3.8, 4) is 0 Å². The first-order chi connectivity index (χ1) is 11.1. The number of aromatic nitrogens is 2. The Balaban J connectivity index is 1.78. The minimum atomic E-state index is 0.538. The van der Waals surface area contributed by atoms with Gasteiger partial charge in [-0.3, -0.25) is 9.67 Å². The highest BCUT2D eigenvalue weighted by atomic mass is 16.3. The van der Waals surface area contributed by atoms with Gasteiger partial charge in [-0.2, -0.15) is 5.10 Å². The summed E-state index contributed by atoms with van der Waals surface area (Å²) in [7, 11) is 1.96. The van der Waals surface area contributed by atoms with Gasteiger partial charge in [0.25, 0.3) is 0 Å². The molecule has 23 heavy (non-hydrogen) atoms. The molecule has 0 atom stereocenters. The zero-order chi connectivity index (χ0) is 16.5. The highest BCUT2D eigenvalue weighted by Crippen LogP contribution is 2.00. The number of nitrogens with one attached hydrogen (secondary N) is 2. The average Bonchev–Trinajstić information content (AvgIpc) is 3.16. The molecule has 0 amide bonds. The summed E-state index contributed by atoms with van der Waals surface area (Å²) in [5, 5.41) is 10.9. The lowest BCUT2D eigenvalue weighted by Crippen LogP contribution is -2.39. The van der Waals surface area contributed by atoms with Crippen LogP contribution in [0.1, 0.15) is 25.3 Å². The van der Waals surface area contributed by atoms with Crippen molar-refractivity contribution < 1.29 is 4.42 Å². The summed E-state index contributed by atoms with van der Waals surface area (Å²) in [6.45, 7) is 6.76. The highest BCUT2D eigenvalue weighted by Gasteiger charge is 2.03. The van der Waals surface area contributed by atoms with Crippen molar-refractivity contribution in [2.24, 2.45) is 18.0 Å². The Morgan fingerprint density at radius 1 is 1.26 bits per heavy atom. The maximum absolute atomic E-state index is 5.35. The van der Waals surface area contributed by atoms with Gasteiger partial charge in [0.2, 0.25) is 0 Å². The normalized spacial score (nSPS) is 11.9. The quantitative estimate of drug-likeness (QED) is 0.577. The Bertz CT molecular complexity index is 586. The predicted octanol–water partition coefficient (Wildman–Crippen LogP) is 1.99. The van der Waals surface area contributed by atoms with Crippen molar-refractivity contribution in [1.82, 2.24) is 20.4 Å². The number of hydrogen-bond acceptors (Lipinski definition) is 3. The number of nitrogens with zero attached hydrogens (tertiary/aromatic N) is 3. The van der Waals surface area contributed by atoms with Crippen LogP contribution in [0.3, 0.4) is 0 Å². The van der Waals surface area contributed by atoms with E-state index < -0.39 is 0 Å². The molecule has 2 aromatic rings. The molecule has 2 aromatic heterocycles. The van der Waals surface area contributed by atoms with Gasteiger partial charge in [0.05, 0.1) is 6.26 Å². The molecule has 0 saturated carbocycles. The Hall–Kier alpha value is -2.24. The van der Waals surface area contributed by atoms with E-state index in [0.29, 0.717) is 5.92 Å². The summed E-state index contributed by atoms with van der Waals surface area (Å²) in [5.41, 5.74) is 1.20. The fourth-order valence-electron chi connectivity index (χ4n) is 2.16. The van der Waals surface area contributed by atoms with Crippen LogP contribution in [-0.4, -0.2) is 35.4 Å². The fraction of sp³-hybridized carbons (Fsp3) is 0.529. The lowest BCUT2D eigenvalue weighted by atomic mass is 10.2. The van der Waals surface area contributed by atoms with Gasteiger partial charge in [-0.15, -0.1) is 0 Å². The Morgan fingerprint density at radius 3 is 2.65 bits per heavy atom. The molecule has 0 fully saturated rings. The van der Waals surface area contributed by atoms with Crippen LogP contribution in [0.4, 0.5) is 0 Å². The molecule has 126 valence electrons. The van der Waals surface area contributed by atoms with E-state index in [1.54, 1.807) is 6.26 Å². The van der Waals surface area contributed by atoms with E-state index in [1.807, 2.05) is 36.1 Å². The van der Waals surface area contributed by atoms with E-state index in [4.69, 9.17) is 4.42 Å². The molecule has 2 rings (SSSR count). The van der Waals surface area contributed by atoms with Crippen molar-refractivity contribution in [3.63, 3.8) is 0 Å². The standard InChI is InChI=1S/C17H27N5O/c1-14(2)13-20-17(19-10-8-16-5-4-12-23-16)18-9-6-15-7-11-21-22(15)3/h4-5,7,11-12,14H,6,8-10,13H2,1-3H3,(H2,18,19,20). The van der Waals surface area contributed by atoms with Crippen LogP contribution >= 0.6 is 0 Å². The number of aryl methyl sites for hydroxylation is 1. The van der Waals surface area contributed by atoms with Crippen molar-refractivity contribution >= 4 is 5.96 Å². The summed E-state index contributed by atoms with van der Waals surface area (Å²) in [6.07, 6.45) is 5.29. The topological polar surface area (TPSA) is 67.4 Å². The predicted molar refractivity (Wildman–Crippen MR) is 92.5 cm³/mol. The van der Waals surface area contributed by atoms with Crippen LogP contribution in [0.5, 0.6) is 0 Å². The average molecular weight is 317 g/mol. The molecule has 0 aliphatic carbocycles. The van der Waals surface area contributed by atoms with Crippen LogP contribution in [0.25, 0.3) is 0 Å². The molecule has 0 aliphatic rings. The molecule has 0 bridgehead atoms. The summed E-state index contributed by atoms with van der Waals surface area (Å²) in [6, 6.07) is 5.94. The first-order valence-electron chi connectivity index (χ1n) is 8.16. The number of guanidine groups is 1. The number of furan rings is 1. The van der Waals surface area contributed by atoms with Crippen LogP contribution in [0, 0.1) is 5.92 Å². The first kappa shape index (κ1) is 17.1. The maximum atomic E-state index is 5.35. The van der Waals surface area contributed by atoms with Gasteiger partial charge in [0.15, 0.2) is 5.96 Å². The molecule has 0 unspecified atom stereocenters. The zero-order valence-electron chi connectivity index (χ0n) is 14.2. The van der Waals surface area contributed by atoms with Gasteiger partial charge in [-0.25, -0.2) is 0 Å². The second kappa shape index (κ2) is 9.02. The monoisotopic (exact) mass is 317 g/mol. The van der Waals surface area contributed by atoms with E-state index in [0.717, 1.165) is 44.2 Å². The smallest absolute Gasteiger partial charge is 0.191 e. The van der Waals surface area contributed by atoms with E-state index >= 15 is 0 Å². The number of rotatable bonds is 8. The molecule has 0 saturated heterocycles. The maximum Gasteiger partial charge on any atom is 0.191 e. The lowest BCUT2D eigenvalue weighted by molar-refractivity contribution is 0.506. The third kappa shape index (κ3) is 6.18. The third-order valence-electron chi connectivity index (χ3n) is 3.45. The van der Waals surface area contributed by atoms with E-state index in [2.05, 4.69) is 34.6 Å². The Morgan fingerprint density at radius 2 is 2.04 bits per heavy atom. The molecule has 6 heteroatoms. The van der Waals surface area contributed by atoms with Crippen LogP contribution < -0.4 is 10.6 Å². The summed E-state index contributed by atoms with van der Waals surface area (Å²) in [5.74, 6) is 2.37. The second-order valence-corrected chi connectivity index (χ2v) is 5.96. The van der Waals surface area contributed by atoms with Crippen LogP contribution in [-0.2, 0) is 19.9 Å². The van der Waals surface area contributed by atoms with Gasteiger partial charge >= 0.3 is 0 Å². The molecule has 2 heterocycles. The third-order valence-corrected chi connectivity index (χ3v) is 3.45. The number of hydrogen-bond donors (Lipinski definition) is 2. The molecule has 6 nitrogen and oxygen atoms in total. The number of aliphatic imine (C=N–C) groups is 1. The van der Waals surface area contributed by atoms with Crippen molar-refractivity contribution in [3.05, 3.63) is 42.1 Å². The fourth-order valence-corrected chi connectivity index (χ4v) is 2.16. The summed E-state index contributed by atoms with van der Waals surface area (Å²) < 4.78 is 7.25. The van der Waals surface area contributed by atoms with Gasteiger partial charge < -0.3 is 15.1 Å². The van der Waals surface area contributed by atoms with Crippen molar-refractivity contribution in [1.29, 1.82) is 0 Å². The van der Waals surface area contributed by atoms with Gasteiger partial charge in [0.1, 0.15) is 5.76 Å². The minimum absolute atomic E-state index is 0.538. The molecular formula is C17H27N5O. The molecular weight excluding hydrogens is 290 g/mol. The van der Waals surface area contributed by atoms with E-state index in [1.165, 1.54) is 5.69 Å². The lowest BCUT2D eigenvalue weighted by Gasteiger charge is -2.13. The first-order valence-corrected chi connectivity index (χ1v) is 8.16. The molecule has 0 aromatic carbocycles. The van der Waals surface area contributed by atoms with Crippen LogP contribution in [0.15, 0.2) is 40.1 Å². The molecule has 0 spiro atoms. The van der Waals surface area contributed by atoms with Gasteiger partial charge in [-0.05, 0) is 24.1 Å². The van der Waals surface area contributed by atoms with Gasteiger partial charge in [-0.1, -0.05) is 13.8 Å². The van der Waals surface area contributed by atoms with Crippen molar-refractivity contribution in [2.75, 3.05) is 19.6 Å². The Labute approximate surface area is 138 Å². The largest absolute Gasteiger partial charge is 0.469 e. The second-order valence-electron chi connectivity index (χ2n) is 5.96. The molecule has 2 N–H and O–H groups in total. The SMILES string of the molecule is CC(C)CN=C(NCCc1ccco1)NCCc1ccnn1C. The summed E-state index contributed by atoms with van der Waals surface area (Å²) in [4.78, 5) is 4.62. The van der Waals surface area contributed by atoms with Crippen LogP contribution in [0.2, 0.25) is 0 Å². The molecule has 0 radical (unpaired) electrons.